The Kier molecular flexibility index (Phi) is 5.67. The van der Waals surface area contributed by atoms with Crippen LogP contribution in [0.25, 0.3) is 0 Å². The minimum absolute atomic E-state index is 0.670. The Morgan fingerprint density at radius 3 is 2.77 bits per heavy atom. The number of methoxy groups -OCH3 is 1. The maximum Gasteiger partial charge on any atom is 0.143 e. The first-order valence-electron chi connectivity index (χ1n) is 10.3. The monoisotopic (exact) mass is 359 g/mol. The zero-order valence-corrected chi connectivity index (χ0v) is 16.1. The molecule has 0 unspecified atom stereocenters. The van der Waals surface area contributed by atoms with Gasteiger partial charge in [-0.3, -0.25) is 5.84 Å². The van der Waals surface area contributed by atoms with Crippen LogP contribution < -0.4 is 15.5 Å². The number of hydrazine groups is 1. The van der Waals surface area contributed by atoms with E-state index in [9.17, 15) is 0 Å². The number of nitrogens with two attached hydrogens (primary N) is 1. The molecule has 0 spiro atoms. The van der Waals surface area contributed by atoms with Crippen molar-refractivity contribution in [2.24, 2.45) is 5.84 Å². The van der Waals surface area contributed by atoms with Crippen LogP contribution >= 0.6 is 0 Å². The summed E-state index contributed by atoms with van der Waals surface area (Å²) in [6.07, 6.45) is 8.80. The highest BCUT2D eigenvalue weighted by atomic mass is 16.5. The lowest BCUT2D eigenvalue weighted by atomic mass is 9.78. The largest absolute Gasteiger partial charge is 0.490 e. The van der Waals surface area contributed by atoms with E-state index in [1.165, 1.54) is 43.4 Å². The lowest BCUT2D eigenvalue weighted by Gasteiger charge is -2.37. The van der Waals surface area contributed by atoms with Gasteiger partial charge in [-0.15, -0.1) is 0 Å². The molecule has 2 N–H and O–H groups in total. The summed E-state index contributed by atoms with van der Waals surface area (Å²) in [5, 5.41) is 1.98. The number of nitrogens with zero attached hydrogens (tertiary/aromatic N) is 2. The van der Waals surface area contributed by atoms with Gasteiger partial charge in [-0.05, 0) is 54.4 Å². The Hall–Kier alpha value is -1.30. The number of rotatable bonds is 4. The maximum absolute atomic E-state index is 6.17. The van der Waals surface area contributed by atoms with Crippen molar-refractivity contribution in [1.82, 2.24) is 5.01 Å². The first kappa shape index (κ1) is 18.1. The zero-order chi connectivity index (χ0) is 17.9. The number of hydrogen-bond acceptors (Lipinski definition) is 5. The summed E-state index contributed by atoms with van der Waals surface area (Å²) in [7, 11) is 1.79. The Labute approximate surface area is 157 Å². The highest BCUT2D eigenvalue weighted by Gasteiger charge is 2.31. The van der Waals surface area contributed by atoms with Gasteiger partial charge in [0, 0.05) is 26.7 Å². The number of benzene rings is 1. The first-order valence-corrected chi connectivity index (χ1v) is 10.3. The molecule has 0 atom stereocenters. The quantitative estimate of drug-likeness (QED) is 0.838. The summed E-state index contributed by atoms with van der Waals surface area (Å²) in [5.41, 5.74) is 5.98. The van der Waals surface area contributed by atoms with Gasteiger partial charge in [0.1, 0.15) is 12.4 Å². The van der Waals surface area contributed by atoms with Crippen molar-refractivity contribution >= 4 is 5.69 Å². The highest BCUT2D eigenvalue weighted by molar-refractivity contribution is 5.70. The second-order valence-electron chi connectivity index (χ2n) is 7.97. The summed E-state index contributed by atoms with van der Waals surface area (Å²) < 4.78 is 11.6. The Bertz CT molecular complexity index is 628. The van der Waals surface area contributed by atoms with Gasteiger partial charge in [0.2, 0.25) is 0 Å². The van der Waals surface area contributed by atoms with E-state index in [2.05, 4.69) is 11.0 Å². The molecule has 26 heavy (non-hydrogen) atoms. The minimum atomic E-state index is 0.670. The fourth-order valence-electron chi connectivity index (χ4n) is 4.98. The van der Waals surface area contributed by atoms with Crippen molar-refractivity contribution in [3.8, 4) is 5.75 Å². The predicted octanol–water partition coefficient (Wildman–Crippen LogP) is 2.85. The molecule has 1 fully saturated rings. The molecule has 0 bridgehead atoms. The molecule has 3 aliphatic rings. The standard InChI is InChI=1S/C21H33N3O2/c1-25-13-11-23-12-14-26-19-15-17-7-9-24(22)10-8-18(17)20(21(19)23)16-5-3-2-4-6-16/h15-16H,2-14,22H2,1H3. The van der Waals surface area contributed by atoms with Gasteiger partial charge in [-0.1, -0.05) is 19.3 Å². The van der Waals surface area contributed by atoms with Gasteiger partial charge < -0.3 is 14.4 Å². The lowest BCUT2D eigenvalue weighted by molar-refractivity contribution is 0.201. The third-order valence-electron chi connectivity index (χ3n) is 6.34. The first-order chi connectivity index (χ1) is 12.8. The average molecular weight is 360 g/mol. The normalized spacial score (nSPS) is 21.7. The lowest BCUT2D eigenvalue weighted by Crippen LogP contribution is -2.37. The Balaban J connectivity index is 1.81. The molecule has 0 aromatic heterocycles. The SMILES string of the molecule is COCCN1CCOc2cc3c(c(C4CCCCC4)c21)CCN(N)CC3. The number of anilines is 1. The second kappa shape index (κ2) is 8.15. The van der Waals surface area contributed by atoms with Crippen molar-refractivity contribution in [2.75, 3.05) is 51.4 Å². The van der Waals surface area contributed by atoms with E-state index in [4.69, 9.17) is 15.3 Å². The zero-order valence-electron chi connectivity index (χ0n) is 16.1. The highest BCUT2D eigenvalue weighted by Crippen LogP contribution is 2.47. The Morgan fingerprint density at radius 1 is 1.15 bits per heavy atom. The number of fused-ring (bicyclic) bond motifs is 2. The second-order valence-corrected chi connectivity index (χ2v) is 7.97. The predicted molar refractivity (Wildman–Crippen MR) is 105 cm³/mol. The molecule has 1 saturated carbocycles. The summed E-state index contributed by atoms with van der Waals surface area (Å²) in [6, 6.07) is 2.31. The van der Waals surface area contributed by atoms with E-state index in [1.807, 2.05) is 5.01 Å². The molecule has 1 aromatic rings. The van der Waals surface area contributed by atoms with Crippen molar-refractivity contribution < 1.29 is 9.47 Å². The molecular weight excluding hydrogens is 326 g/mol. The van der Waals surface area contributed by atoms with Gasteiger partial charge in [0.25, 0.3) is 0 Å². The minimum Gasteiger partial charge on any atom is -0.490 e. The molecule has 1 aliphatic carbocycles. The van der Waals surface area contributed by atoms with Crippen LogP contribution in [0.5, 0.6) is 5.75 Å². The van der Waals surface area contributed by atoms with Crippen molar-refractivity contribution in [3.05, 3.63) is 22.8 Å². The van der Waals surface area contributed by atoms with E-state index in [0.717, 1.165) is 58.0 Å². The third kappa shape index (κ3) is 3.57. The number of ether oxygens (including phenoxy) is 2. The maximum atomic E-state index is 6.17. The Morgan fingerprint density at radius 2 is 1.96 bits per heavy atom. The molecular formula is C21H33N3O2. The average Bonchev–Trinajstić information content (AvgIpc) is 2.87. The van der Waals surface area contributed by atoms with Gasteiger partial charge >= 0.3 is 0 Å². The van der Waals surface area contributed by atoms with Crippen LogP contribution in [-0.4, -0.2) is 51.5 Å². The molecule has 0 radical (unpaired) electrons. The van der Waals surface area contributed by atoms with Crippen LogP contribution in [0.4, 0.5) is 5.69 Å². The molecule has 2 aliphatic heterocycles. The molecule has 0 amide bonds. The van der Waals surface area contributed by atoms with Gasteiger partial charge in [0.15, 0.2) is 0 Å². The van der Waals surface area contributed by atoms with E-state index >= 15 is 0 Å². The van der Waals surface area contributed by atoms with Crippen molar-refractivity contribution in [3.63, 3.8) is 0 Å². The fraction of sp³-hybridized carbons (Fsp3) is 0.714. The van der Waals surface area contributed by atoms with Crippen LogP contribution in [0.3, 0.4) is 0 Å². The van der Waals surface area contributed by atoms with Gasteiger partial charge in [0.05, 0.1) is 18.8 Å². The molecule has 0 saturated heterocycles. The van der Waals surface area contributed by atoms with Crippen LogP contribution in [0.2, 0.25) is 0 Å². The topological polar surface area (TPSA) is 51.0 Å². The van der Waals surface area contributed by atoms with Crippen LogP contribution in [0.1, 0.15) is 54.7 Å². The summed E-state index contributed by atoms with van der Waals surface area (Å²) >= 11 is 0. The van der Waals surface area contributed by atoms with E-state index in [1.54, 1.807) is 18.2 Å². The van der Waals surface area contributed by atoms with Gasteiger partial charge in [-0.2, -0.15) is 0 Å². The van der Waals surface area contributed by atoms with Crippen LogP contribution in [0, 0.1) is 0 Å². The molecule has 2 heterocycles. The summed E-state index contributed by atoms with van der Waals surface area (Å²) in [4.78, 5) is 2.51. The fourth-order valence-corrected chi connectivity index (χ4v) is 4.98. The van der Waals surface area contributed by atoms with Crippen molar-refractivity contribution in [1.29, 1.82) is 0 Å². The molecule has 5 heteroatoms. The van der Waals surface area contributed by atoms with Crippen LogP contribution in [-0.2, 0) is 17.6 Å². The van der Waals surface area contributed by atoms with Gasteiger partial charge in [-0.25, -0.2) is 5.01 Å². The van der Waals surface area contributed by atoms with E-state index in [0.29, 0.717) is 5.92 Å². The summed E-state index contributed by atoms with van der Waals surface area (Å²) in [6.45, 7) is 5.31. The number of hydrogen-bond donors (Lipinski definition) is 1. The molecule has 4 rings (SSSR count). The molecule has 1 aromatic carbocycles. The molecule has 144 valence electrons. The van der Waals surface area contributed by atoms with Crippen LogP contribution in [0.15, 0.2) is 6.07 Å². The smallest absolute Gasteiger partial charge is 0.143 e. The van der Waals surface area contributed by atoms with Crippen molar-refractivity contribution in [2.45, 2.75) is 50.9 Å². The third-order valence-corrected chi connectivity index (χ3v) is 6.34. The molecule has 5 nitrogen and oxygen atoms in total. The van der Waals surface area contributed by atoms with E-state index in [-0.39, 0.29) is 0 Å². The van der Waals surface area contributed by atoms with E-state index < -0.39 is 0 Å². The summed E-state index contributed by atoms with van der Waals surface area (Å²) in [5.74, 6) is 7.93.